The van der Waals surface area contributed by atoms with Gasteiger partial charge in [0.25, 0.3) is 15.9 Å². The Morgan fingerprint density at radius 2 is 2.00 bits per heavy atom. The molecule has 0 aliphatic heterocycles. The van der Waals surface area contributed by atoms with Crippen LogP contribution in [-0.4, -0.2) is 34.6 Å². The van der Waals surface area contributed by atoms with Crippen molar-refractivity contribution in [2.24, 2.45) is 0 Å². The number of rotatable bonds is 7. The van der Waals surface area contributed by atoms with Crippen molar-refractivity contribution >= 4 is 33.2 Å². The molecule has 0 spiro atoms. The highest BCUT2D eigenvalue weighted by Gasteiger charge is 2.17. The Bertz CT molecular complexity index is 874. The van der Waals surface area contributed by atoms with E-state index in [1.807, 2.05) is 0 Å². The fourth-order valence-corrected chi connectivity index (χ4v) is 3.22. The van der Waals surface area contributed by atoms with Crippen LogP contribution in [0, 0.1) is 5.82 Å². The van der Waals surface area contributed by atoms with Gasteiger partial charge in [0.05, 0.1) is 22.2 Å². The summed E-state index contributed by atoms with van der Waals surface area (Å²) in [5.74, 6) is -1.07. The second kappa shape index (κ2) is 8.28. The van der Waals surface area contributed by atoms with Crippen LogP contribution in [0.2, 0.25) is 5.02 Å². The van der Waals surface area contributed by atoms with E-state index >= 15 is 0 Å². The minimum absolute atomic E-state index is 0.104. The summed E-state index contributed by atoms with van der Waals surface area (Å²) in [5.41, 5.74) is 0.303. The third kappa shape index (κ3) is 5.15. The second-order valence-electron chi connectivity index (χ2n) is 5.01. The van der Waals surface area contributed by atoms with Crippen molar-refractivity contribution in [3.8, 4) is 0 Å². The Hall–Kier alpha value is -2.16. The van der Waals surface area contributed by atoms with Crippen LogP contribution in [0.25, 0.3) is 0 Å². The van der Waals surface area contributed by atoms with Gasteiger partial charge in [-0.15, -0.1) is 0 Å². The van der Waals surface area contributed by atoms with Gasteiger partial charge in [0.2, 0.25) is 0 Å². The normalized spacial score (nSPS) is 11.2. The van der Waals surface area contributed by atoms with Crippen LogP contribution in [-0.2, 0) is 14.8 Å². The highest BCUT2D eigenvalue weighted by Crippen LogP contribution is 2.22. The van der Waals surface area contributed by atoms with Gasteiger partial charge in [0, 0.05) is 19.2 Å². The molecule has 9 heteroatoms. The first-order chi connectivity index (χ1) is 11.8. The van der Waals surface area contributed by atoms with E-state index in [1.54, 1.807) is 0 Å². The number of benzene rings is 2. The molecule has 0 aliphatic carbocycles. The van der Waals surface area contributed by atoms with Crippen molar-refractivity contribution < 1.29 is 22.3 Å². The smallest absolute Gasteiger partial charge is 0.261 e. The van der Waals surface area contributed by atoms with Crippen molar-refractivity contribution in [2.45, 2.75) is 4.90 Å². The Morgan fingerprint density at radius 1 is 1.24 bits per heavy atom. The topological polar surface area (TPSA) is 84.5 Å². The van der Waals surface area contributed by atoms with E-state index in [2.05, 4.69) is 10.0 Å². The molecule has 2 N–H and O–H groups in total. The Balaban J connectivity index is 2.20. The van der Waals surface area contributed by atoms with Gasteiger partial charge < -0.3 is 10.1 Å². The summed E-state index contributed by atoms with van der Waals surface area (Å²) < 4.78 is 45.2. The molecule has 2 aromatic carbocycles. The summed E-state index contributed by atoms with van der Waals surface area (Å²) in [6.07, 6.45) is 0. The molecule has 2 rings (SSSR count). The van der Waals surface area contributed by atoms with Crippen molar-refractivity contribution in [1.82, 2.24) is 5.32 Å². The summed E-state index contributed by atoms with van der Waals surface area (Å²) in [7, 11) is -2.45. The zero-order valence-electron chi connectivity index (χ0n) is 13.3. The summed E-state index contributed by atoms with van der Waals surface area (Å²) in [6.45, 7) is 0.648. The lowest BCUT2D eigenvalue weighted by Gasteiger charge is -2.10. The minimum atomic E-state index is -3.96. The first-order valence-electron chi connectivity index (χ1n) is 7.18. The third-order valence-electron chi connectivity index (χ3n) is 3.17. The average molecular weight is 387 g/mol. The van der Waals surface area contributed by atoms with Crippen LogP contribution in [0.5, 0.6) is 0 Å². The molecule has 0 unspecified atom stereocenters. The van der Waals surface area contributed by atoms with Gasteiger partial charge in [-0.3, -0.25) is 9.52 Å². The van der Waals surface area contributed by atoms with Gasteiger partial charge in [0.1, 0.15) is 5.82 Å². The van der Waals surface area contributed by atoms with E-state index < -0.39 is 21.7 Å². The third-order valence-corrected chi connectivity index (χ3v) is 4.84. The zero-order valence-corrected chi connectivity index (χ0v) is 14.8. The highest BCUT2D eigenvalue weighted by molar-refractivity contribution is 7.92. The molecular formula is C16H16ClFN2O4S. The molecule has 0 aliphatic rings. The number of methoxy groups -OCH3 is 1. The Labute approximate surface area is 150 Å². The molecule has 0 heterocycles. The van der Waals surface area contributed by atoms with Crippen LogP contribution in [0.15, 0.2) is 47.4 Å². The van der Waals surface area contributed by atoms with Crippen LogP contribution in [0.1, 0.15) is 10.4 Å². The van der Waals surface area contributed by atoms with Crippen molar-refractivity contribution in [3.05, 3.63) is 58.9 Å². The molecule has 6 nitrogen and oxygen atoms in total. The first kappa shape index (κ1) is 19.2. The lowest BCUT2D eigenvalue weighted by atomic mass is 10.2. The van der Waals surface area contributed by atoms with Gasteiger partial charge in [0.15, 0.2) is 0 Å². The monoisotopic (exact) mass is 386 g/mol. The van der Waals surface area contributed by atoms with E-state index in [1.165, 1.54) is 37.4 Å². The van der Waals surface area contributed by atoms with Crippen LogP contribution < -0.4 is 10.0 Å². The van der Waals surface area contributed by atoms with Gasteiger partial charge >= 0.3 is 0 Å². The fraction of sp³-hybridized carbons (Fsp3) is 0.188. The standard InChI is InChI=1S/C16H16ClFN2O4S/c1-24-8-7-19-16(21)11-3-2-4-13(9-11)25(22,23)20-12-5-6-15(18)14(17)10-12/h2-6,9-10,20H,7-8H2,1H3,(H,19,21). The van der Waals surface area contributed by atoms with E-state index in [9.17, 15) is 17.6 Å². The number of hydrogen-bond acceptors (Lipinski definition) is 4. The molecular weight excluding hydrogens is 371 g/mol. The van der Waals surface area contributed by atoms with Crippen molar-refractivity contribution in [1.29, 1.82) is 0 Å². The van der Waals surface area contributed by atoms with Gasteiger partial charge in [-0.1, -0.05) is 17.7 Å². The lowest BCUT2D eigenvalue weighted by Crippen LogP contribution is -2.27. The van der Waals surface area contributed by atoms with Gasteiger partial charge in [-0.05, 0) is 36.4 Å². The lowest BCUT2D eigenvalue weighted by molar-refractivity contribution is 0.0937. The quantitative estimate of drug-likeness (QED) is 0.716. The summed E-state index contributed by atoms with van der Waals surface area (Å²) >= 11 is 5.64. The predicted molar refractivity (Wildman–Crippen MR) is 92.9 cm³/mol. The maximum atomic E-state index is 13.2. The second-order valence-corrected chi connectivity index (χ2v) is 7.10. The summed E-state index contributed by atoms with van der Waals surface area (Å²) in [6, 6.07) is 9.01. The molecule has 0 aromatic heterocycles. The molecule has 0 atom stereocenters. The number of anilines is 1. The number of carbonyl (C=O) groups is 1. The highest BCUT2D eigenvalue weighted by atomic mass is 35.5. The SMILES string of the molecule is COCCNC(=O)c1cccc(S(=O)(=O)Nc2ccc(F)c(Cl)c2)c1. The number of amides is 1. The number of ether oxygens (including phenoxy) is 1. The minimum Gasteiger partial charge on any atom is -0.383 e. The average Bonchev–Trinajstić information content (AvgIpc) is 2.58. The van der Waals surface area contributed by atoms with E-state index in [-0.39, 0.29) is 21.2 Å². The number of nitrogens with one attached hydrogen (secondary N) is 2. The van der Waals surface area contributed by atoms with Crippen LogP contribution in [0.3, 0.4) is 0 Å². The van der Waals surface area contributed by atoms with Crippen LogP contribution >= 0.6 is 11.6 Å². The molecule has 0 saturated carbocycles. The summed E-state index contributed by atoms with van der Waals surface area (Å²) in [4.78, 5) is 11.9. The van der Waals surface area contributed by atoms with Crippen LogP contribution in [0.4, 0.5) is 10.1 Å². The number of sulfonamides is 1. The molecule has 0 saturated heterocycles. The number of halogens is 2. The predicted octanol–water partition coefficient (Wildman–Crippen LogP) is 2.66. The fourth-order valence-electron chi connectivity index (χ4n) is 1.95. The molecule has 0 radical (unpaired) electrons. The molecule has 0 bridgehead atoms. The van der Waals surface area contributed by atoms with E-state index in [0.29, 0.717) is 13.2 Å². The molecule has 134 valence electrons. The maximum Gasteiger partial charge on any atom is 0.261 e. The Kier molecular flexibility index (Phi) is 6.35. The first-order valence-corrected chi connectivity index (χ1v) is 9.04. The largest absolute Gasteiger partial charge is 0.383 e. The van der Waals surface area contributed by atoms with Crippen molar-refractivity contribution in [3.63, 3.8) is 0 Å². The molecule has 2 aromatic rings. The Morgan fingerprint density at radius 3 is 2.68 bits per heavy atom. The number of hydrogen-bond donors (Lipinski definition) is 2. The van der Waals surface area contributed by atoms with E-state index in [4.69, 9.17) is 16.3 Å². The molecule has 0 fully saturated rings. The van der Waals surface area contributed by atoms with Crippen molar-refractivity contribution in [2.75, 3.05) is 25.0 Å². The maximum absolute atomic E-state index is 13.2. The molecule has 25 heavy (non-hydrogen) atoms. The zero-order chi connectivity index (χ0) is 18.4. The van der Waals surface area contributed by atoms with Gasteiger partial charge in [-0.2, -0.15) is 0 Å². The number of carbonyl (C=O) groups excluding carboxylic acids is 1. The molecule has 1 amide bonds. The van der Waals surface area contributed by atoms with Gasteiger partial charge in [-0.25, -0.2) is 12.8 Å². The van der Waals surface area contributed by atoms with E-state index in [0.717, 1.165) is 12.1 Å². The summed E-state index contributed by atoms with van der Waals surface area (Å²) in [5, 5.41) is 2.40.